The Morgan fingerprint density at radius 3 is 2.17 bits per heavy atom. The molecule has 6 aromatic rings. The van der Waals surface area contributed by atoms with E-state index in [1.807, 2.05) is 81.7 Å². The molecule has 0 bridgehead atoms. The highest BCUT2D eigenvalue weighted by Gasteiger charge is 2.27. The number of hydrogen-bond donors (Lipinski definition) is 5. The molecule has 3 aliphatic rings. The molecular formula is C50H61N11O5. The number of carbonyl (C=O) groups excluding carboxylic acids is 1. The molecule has 0 atom stereocenters. The lowest BCUT2D eigenvalue weighted by molar-refractivity contribution is 0.0884. The second-order valence-electron chi connectivity index (χ2n) is 18.6. The molecule has 1 amide bonds. The molecule has 9 rings (SSSR count). The third-order valence-corrected chi connectivity index (χ3v) is 13.8. The number of aryl methyl sites for hydroxylation is 1. The number of aromatic hydroxyl groups is 2. The zero-order valence-electron chi connectivity index (χ0n) is 38.2. The van der Waals surface area contributed by atoms with Crippen LogP contribution < -0.4 is 21.5 Å². The molecule has 3 saturated heterocycles. The van der Waals surface area contributed by atoms with Gasteiger partial charge < -0.3 is 30.3 Å². The molecule has 16 nitrogen and oxygen atoms in total. The minimum Gasteiger partial charge on any atom is -0.508 e. The van der Waals surface area contributed by atoms with E-state index in [4.69, 9.17) is 0 Å². The number of pyridine rings is 3. The summed E-state index contributed by atoms with van der Waals surface area (Å²) >= 11 is 0. The number of benzene rings is 2. The standard InChI is InChI=1S/C50H61N11O5/c1-4-36-24-43-44(54-48(36)64)23-35(27-51-43)31-59-19-21-60(22-20-59)39-9-10-42(52-28-39)49(65)53-37-13-17-58(18-14-37)30-34-11-15-57(16-12-34)29-33-5-7-38(8-6-33)61-47(55-56-50(61)66)41-25-40(32(2)3)45(62)26-46(41)63/h5-10,23-28,32,34,37,62-63H,4,11-22,29-31H2,1-3H3,(H,53,65)(H,54,64)(H,56,66). The van der Waals surface area contributed by atoms with Crippen LogP contribution in [-0.2, 0) is 19.5 Å². The van der Waals surface area contributed by atoms with Gasteiger partial charge >= 0.3 is 5.69 Å². The summed E-state index contributed by atoms with van der Waals surface area (Å²) < 4.78 is 1.45. The van der Waals surface area contributed by atoms with Gasteiger partial charge in [0.2, 0.25) is 0 Å². The van der Waals surface area contributed by atoms with Gasteiger partial charge in [-0.25, -0.2) is 19.4 Å². The van der Waals surface area contributed by atoms with Crippen molar-refractivity contribution in [2.75, 3.05) is 63.8 Å². The summed E-state index contributed by atoms with van der Waals surface area (Å²) in [6.07, 6.45) is 8.54. The average molecular weight is 896 g/mol. The Balaban J connectivity index is 0.684. The number of piperazine rings is 1. The second-order valence-corrected chi connectivity index (χ2v) is 18.6. The van der Waals surface area contributed by atoms with Gasteiger partial charge in [0.15, 0.2) is 5.82 Å². The van der Waals surface area contributed by atoms with Gasteiger partial charge in [-0.15, -0.1) is 0 Å². The predicted octanol–water partition coefficient (Wildman–Crippen LogP) is 5.38. The summed E-state index contributed by atoms with van der Waals surface area (Å²) in [5, 5.41) is 31.0. The summed E-state index contributed by atoms with van der Waals surface area (Å²) in [5.41, 5.74) is 7.27. The Hall–Kier alpha value is -6.36. The van der Waals surface area contributed by atoms with E-state index < -0.39 is 5.69 Å². The van der Waals surface area contributed by atoms with E-state index in [0.717, 1.165) is 131 Å². The van der Waals surface area contributed by atoms with E-state index in [0.29, 0.717) is 34.8 Å². The number of fused-ring (bicyclic) bond motifs is 1. The first-order chi connectivity index (χ1) is 32.0. The smallest absolute Gasteiger partial charge is 0.348 e. The topological polar surface area (TPSA) is 192 Å². The van der Waals surface area contributed by atoms with E-state index in [1.54, 1.807) is 6.07 Å². The lowest BCUT2D eigenvalue weighted by Crippen LogP contribution is -2.47. The third kappa shape index (κ3) is 10.1. The Morgan fingerprint density at radius 2 is 1.47 bits per heavy atom. The number of H-pyrrole nitrogens is 2. The largest absolute Gasteiger partial charge is 0.508 e. The fourth-order valence-electron chi connectivity index (χ4n) is 9.82. The number of piperidine rings is 2. The van der Waals surface area contributed by atoms with Crippen molar-refractivity contribution < 1.29 is 15.0 Å². The number of aromatic nitrogens is 6. The van der Waals surface area contributed by atoms with Crippen LogP contribution in [0, 0.1) is 5.92 Å². The van der Waals surface area contributed by atoms with Gasteiger partial charge in [-0.05, 0) is 116 Å². The van der Waals surface area contributed by atoms with Gasteiger partial charge in [-0.3, -0.25) is 24.4 Å². The number of likely N-dealkylation sites (tertiary alicyclic amines) is 2. The van der Waals surface area contributed by atoms with Crippen LogP contribution in [0.5, 0.6) is 11.5 Å². The number of nitrogens with one attached hydrogen (secondary N) is 3. The van der Waals surface area contributed by atoms with Gasteiger partial charge in [-0.1, -0.05) is 32.9 Å². The third-order valence-electron chi connectivity index (χ3n) is 13.8. The first-order valence-electron chi connectivity index (χ1n) is 23.5. The Labute approximate surface area is 384 Å². The molecule has 0 saturated carbocycles. The summed E-state index contributed by atoms with van der Waals surface area (Å²) in [4.78, 5) is 60.4. The van der Waals surface area contributed by atoms with Crippen molar-refractivity contribution in [3.05, 3.63) is 122 Å². The molecule has 2 aromatic carbocycles. The van der Waals surface area contributed by atoms with Crippen molar-refractivity contribution in [1.29, 1.82) is 0 Å². The zero-order chi connectivity index (χ0) is 45.9. The van der Waals surface area contributed by atoms with Crippen LogP contribution in [0.3, 0.4) is 0 Å². The number of carbonyl (C=O) groups is 1. The number of aromatic amines is 2. The average Bonchev–Trinajstić information content (AvgIpc) is 3.70. The Morgan fingerprint density at radius 1 is 0.773 bits per heavy atom. The van der Waals surface area contributed by atoms with Gasteiger partial charge in [-0.2, -0.15) is 5.10 Å². The number of hydrogen-bond acceptors (Lipinski definition) is 12. The summed E-state index contributed by atoms with van der Waals surface area (Å²) in [6, 6.07) is 18.8. The fraction of sp³-hybridized carbons (Fsp3) is 0.440. The van der Waals surface area contributed by atoms with Gasteiger partial charge in [0, 0.05) is 82.8 Å². The molecular weight excluding hydrogens is 835 g/mol. The predicted molar refractivity (Wildman–Crippen MR) is 255 cm³/mol. The van der Waals surface area contributed by atoms with E-state index in [2.05, 4.69) is 50.1 Å². The maximum atomic E-state index is 13.2. The quantitative estimate of drug-likeness (QED) is 0.0996. The number of phenols is 2. The van der Waals surface area contributed by atoms with Crippen LogP contribution in [-0.4, -0.2) is 125 Å². The highest BCUT2D eigenvalue weighted by Crippen LogP contribution is 2.37. The first kappa shape index (κ1) is 44.8. The first-order valence-corrected chi connectivity index (χ1v) is 23.5. The van der Waals surface area contributed by atoms with Crippen LogP contribution in [0.15, 0.2) is 82.6 Å². The molecule has 3 aliphatic heterocycles. The van der Waals surface area contributed by atoms with E-state index in [-0.39, 0.29) is 40.7 Å². The molecule has 346 valence electrons. The molecule has 3 fully saturated rings. The number of amides is 1. The molecule has 0 aliphatic carbocycles. The molecule has 0 unspecified atom stereocenters. The lowest BCUT2D eigenvalue weighted by Gasteiger charge is -2.38. The van der Waals surface area contributed by atoms with Crippen molar-refractivity contribution in [2.24, 2.45) is 5.92 Å². The fourth-order valence-corrected chi connectivity index (χ4v) is 9.82. The number of anilines is 1. The highest BCUT2D eigenvalue weighted by molar-refractivity contribution is 5.92. The van der Waals surface area contributed by atoms with Crippen molar-refractivity contribution in [3.63, 3.8) is 0 Å². The molecule has 0 radical (unpaired) electrons. The highest BCUT2D eigenvalue weighted by atomic mass is 16.3. The molecule has 66 heavy (non-hydrogen) atoms. The van der Waals surface area contributed by atoms with E-state index >= 15 is 0 Å². The number of rotatable bonds is 13. The van der Waals surface area contributed by atoms with E-state index in [9.17, 15) is 24.6 Å². The number of nitrogens with zero attached hydrogens (tertiary/aromatic N) is 8. The van der Waals surface area contributed by atoms with Gasteiger partial charge in [0.1, 0.15) is 17.2 Å². The van der Waals surface area contributed by atoms with Crippen LogP contribution in [0.25, 0.3) is 28.1 Å². The van der Waals surface area contributed by atoms with Crippen LogP contribution in [0.1, 0.15) is 85.1 Å². The van der Waals surface area contributed by atoms with Gasteiger partial charge in [0.25, 0.3) is 11.5 Å². The van der Waals surface area contributed by atoms with Crippen molar-refractivity contribution in [2.45, 2.75) is 77.9 Å². The van der Waals surface area contributed by atoms with Crippen molar-refractivity contribution in [3.8, 4) is 28.6 Å². The molecule has 4 aromatic heterocycles. The molecule has 0 spiro atoms. The normalized spacial score (nSPS) is 17.2. The Kier molecular flexibility index (Phi) is 13.3. The molecule has 5 N–H and O–H groups in total. The van der Waals surface area contributed by atoms with Gasteiger partial charge in [0.05, 0.1) is 34.2 Å². The summed E-state index contributed by atoms with van der Waals surface area (Å²) in [7, 11) is 0. The summed E-state index contributed by atoms with van der Waals surface area (Å²) in [5.74, 6) is 0.683. The minimum atomic E-state index is -0.409. The van der Waals surface area contributed by atoms with Crippen molar-refractivity contribution in [1.82, 2.24) is 49.7 Å². The minimum absolute atomic E-state index is 0.00625. The van der Waals surface area contributed by atoms with Crippen LogP contribution in [0.4, 0.5) is 5.69 Å². The molecule has 16 heteroatoms. The maximum Gasteiger partial charge on any atom is 0.348 e. The monoisotopic (exact) mass is 895 g/mol. The number of phenolic OH excluding ortho intramolecular Hbond substituents is 2. The SMILES string of the molecule is CCc1cc2ncc(CN3CCN(c4ccc(C(=O)NC5CCN(CC6CCN(Cc7ccc(-n8c(-c9cc(C(C)C)c(O)cc9O)n[nH]c8=O)cc7)CC6)CC5)nc4)CC3)cc2[nH]c1=O. The summed E-state index contributed by atoms with van der Waals surface area (Å²) in [6.45, 7) is 16.0. The molecule has 7 heterocycles. The van der Waals surface area contributed by atoms with Crippen molar-refractivity contribution >= 4 is 22.6 Å². The van der Waals surface area contributed by atoms with Crippen LogP contribution in [0.2, 0.25) is 0 Å². The second kappa shape index (κ2) is 19.6. The van der Waals surface area contributed by atoms with Crippen LogP contribution >= 0.6 is 0 Å². The lowest BCUT2D eigenvalue weighted by atomic mass is 9.94. The maximum absolute atomic E-state index is 13.2. The zero-order valence-corrected chi connectivity index (χ0v) is 38.2. The Bertz CT molecular complexity index is 2760. The van der Waals surface area contributed by atoms with E-state index in [1.165, 1.54) is 10.6 Å².